The average molecular weight is 476 g/mol. The van der Waals surface area contributed by atoms with Crippen molar-refractivity contribution in [1.29, 1.82) is 0 Å². The summed E-state index contributed by atoms with van der Waals surface area (Å²) in [5, 5.41) is 3.40. The fourth-order valence-corrected chi connectivity index (χ4v) is 3.88. The van der Waals surface area contributed by atoms with E-state index in [0.29, 0.717) is 40.6 Å². The summed E-state index contributed by atoms with van der Waals surface area (Å²) in [6.07, 6.45) is 3.08. The van der Waals surface area contributed by atoms with E-state index in [1.807, 2.05) is 31.2 Å². The Morgan fingerprint density at radius 2 is 1.83 bits per heavy atom. The molecule has 7 heteroatoms. The summed E-state index contributed by atoms with van der Waals surface area (Å²) < 4.78 is 36.6. The van der Waals surface area contributed by atoms with Gasteiger partial charge < -0.3 is 23.9 Å². The maximum atomic E-state index is 14.0. The standard InChI is InChI=1S/C28H26FNO5/c1-5-34-26-15-27-21(22(16-35-27)20-13-18(32-3)10-11-25(20)33-4)14-19(26)17(2)12-28(31)30-24-9-7-6-8-23(24)29/h6-16H,5H2,1-4H3,(H,30,31)/b17-12+. The Morgan fingerprint density at radius 3 is 2.54 bits per heavy atom. The van der Waals surface area contributed by atoms with E-state index in [0.717, 1.165) is 16.5 Å². The minimum atomic E-state index is -0.501. The third kappa shape index (κ3) is 4.99. The van der Waals surface area contributed by atoms with Gasteiger partial charge in [-0.3, -0.25) is 4.79 Å². The summed E-state index contributed by atoms with van der Waals surface area (Å²) >= 11 is 0. The number of ether oxygens (including phenoxy) is 3. The monoisotopic (exact) mass is 475 g/mol. The fraction of sp³-hybridized carbons (Fsp3) is 0.179. The first-order chi connectivity index (χ1) is 16.9. The number of rotatable bonds is 8. The summed E-state index contributed by atoms with van der Waals surface area (Å²) in [5.41, 5.74) is 3.72. The Bertz CT molecular complexity index is 1410. The van der Waals surface area contributed by atoms with Gasteiger partial charge in [-0.1, -0.05) is 12.1 Å². The minimum absolute atomic E-state index is 0.115. The molecule has 1 N–H and O–H groups in total. The SMILES string of the molecule is CCOc1cc2occ(-c3cc(OC)ccc3OC)c2cc1/C(C)=C/C(=O)Nc1ccccc1F. The quantitative estimate of drug-likeness (QED) is 0.287. The third-order valence-electron chi connectivity index (χ3n) is 5.58. The number of carbonyl (C=O) groups excluding carboxylic acids is 1. The zero-order chi connectivity index (χ0) is 24.9. The molecule has 180 valence electrons. The van der Waals surface area contributed by atoms with Gasteiger partial charge >= 0.3 is 0 Å². The lowest BCUT2D eigenvalue weighted by atomic mass is 9.98. The molecule has 0 unspecified atom stereocenters. The zero-order valence-corrected chi connectivity index (χ0v) is 20.0. The number of halogens is 1. The number of allylic oxidation sites excluding steroid dienone is 1. The lowest BCUT2D eigenvalue weighted by molar-refractivity contribution is -0.111. The number of benzene rings is 3. The molecule has 0 aliphatic carbocycles. The number of anilines is 1. The first-order valence-electron chi connectivity index (χ1n) is 11.1. The molecule has 35 heavy (non-hydrogen) atoms. The van der Waals surface area contributed by atoms with E-state index >= 15 is 0 Å². The summed E-state index contributed by atoms with van der Waals surface area (Å²) in [6, 6.07) is 15.3. The van der Waals surface area contributed by atoms with E-state index in [2.05, 4.69) is 5.32 Å². The number of fused-ring (bicyclic) bond motifs is 1. The van der Waals surface area contributed by atoms with E-state index < -0.39 is 11.7 Å². The Labute approximate surface area is 202 Å². The molecule has 0 aliphatic heterocycles. The van der Waals surface area contributed by atoms with Gasteiger partial charge in [0.05, 0.1) is 32.8 Å². The lowest BCUT2D eigenvalue weighted by Gasteiger charge is -2.13. The molecule has 1 aromatic heterocycles. The van der Waals surface area contributed by atoms with Crippen molar-refractivity contribution in [3.63, 3.8) is 0 Å². The Hall–Kier alpha value is -4.26. The highest BCUT2D eigenvalue weighted by molar-refractivity contribution is 6.05. The normalized spacial score (nSPS) is 11.4. The van der Waals surface area contributed by atoms with E-state index in [1.54, 1.807) is 45.6 Å². The summed E-state index contributed by atoms with van der Waals surface area (Å²) in [7, 11) is 3.21. The van der Waals surface area contributed by atoms with Gasteiger partial charge in [-0.25, -0.2) is 4.39 Å². The van der Waals surface area contributed by atoms with Crippen molar-refractivity contribution in [2.75, 3.05) is 26.1 Å². The highest BCUT2D eigenvalue weighted by Crippen LogP contribution is 2.41. The fourth-order valence-electron chi connectivity index (χ4n) is 3.88. The van der Waals surface area contributed by atoms with Crippen LogP contribution in [0.2, 0.25) is 0 Å². The van der Waals surface area contributed by atoms with Crippen LogP contribution in [-0.2, 0) is 4.79 Å². The molecule has 0 fully saturated rings. The van der Waals surface area contributed by atoms with Crippen molar-refractivity contribution in [2.24, 2.45) is 0 Å². The first-order valence-corrected chi connectivity index (χ1v) is 11.1. The predicted octanol–water partition coefficient (Wildman–Crippen LogP) is 6.70. The van der Waals surface area contributed by atoms with Gasteiger partial charge in [-0.2, -0.15) is 0 Å². The van der Waals surface area contributed by atoms with Crippen LogP contribution in [0, 0.1) is 5.82 Å². The van der Waals surface area contributed by atoms with Gasteiger partial charge in [0, 0.05) is 34.2 Å². The lowest BCUT2D eigenvalue weighted by Crippen LogP contribution is -2.10. The summed E-state index contributed by atoms with van der Waals surface area (Å²) in [6.45, 7) is 4.12. The largest absolute Gasteiger partial charge is 0.497 e. The van der Waals surface area contributed by atoms with Gasteiger partial charge in [-0.15, -0.1) is 0 Å². The van der Waals surface area contributed by atoms with Gasteiger partial charge in [0.15, 0.2) is 0 Å². The molecule has 6 nitrogen and oxygen atoms in total. The zero-order valence-electron chi connectivity index (χ0n) is 20.0. The van der Waals surface area contributed by atoms with Crippen molar-refractivity contribution < 1.29 is 27.8 Å². The van der Waals surface area contributed by atoms with Crippen molar-refractivity contribution in [3.8, 4) is 28.4 Å². The van der Waals surface area contributed by atoms with Gasteiger partial charge in [0.25, 0.3) is 0 Å². The van der Waals surface area contributed by atoms with Crippen molar-refractivity contribution in [3.05, 3.63) is 78.3 Å². The Balaban J connectivity index is 1.79. The highest BCUT2D eigenvalue weighted by atomic mass is 19.1. The molecule has 0 bridgehead atoms. The number of para-hydroxylation sites is 1. The van der Waals surface area contributed by atoms with Crippen LogP contribution in [0.3, 0.4) is 0 Å². The number of furan rings is 1. The first kappa shape index (κ1) is 23.9. The van der Waals surface area contributed by atoms with Crippen LogP contribution in [0.5, 0.6) is 17.2 Å². The van der Waals surface area contributed by atoms with E-state index in [-0.39, 0.29) is 5.69 Å². The molecule has 4 aromatic rings. The second-order valence-corrected chi connectivity index (χ2v) is 7.79. The van der Waals surface area contributed by atoms with Gasteiger partial charge in [0.2, 0.25) is 5.91 Å². The molecule has 0 aliphatic rings. The molecule has 0 saturated heterocycles. The predicted molar refractivity (Wildman–Crippen MR) is 135 cm³/mol. The number of amides is 1. The highest BCUT2D eigenvalue weighted by Gasteiger charge is 2.18. The molecule has 3 aromatic carbocycles. The Morgan fingerprint density at radius 1 is 1.03 bits per heavy atom. The van der Waals surface area contributed by atoms with Crippen LogP contribution in [0.15, 0.2) is 71.4 Å². The average Bonchev–Trinajstić information content (AvgIpc) is 3.27. The maximum Gasteiger partial charge on any atom is 0.248 e. The van der Waals surface area contributed by atoms with Crippen LogP contribution in [0.4, 0.5) is 10.1 Å². The number of methoxy groups -OCH3 is 2. The van der Waals surface area contributed by atoms with Gasteiger partial charge in [-0.05, 0) is 55.8 Å². The summed E-state index contributed by atoms with van der Waals surface area (Å²) in [4.78, 5) is 12.6. The number of hydrogen-bond donors (Lipinski definition) is 1. The van der Waals surface area contributed by atoms with Crippen LogP contribution >= 0.6 is 0 Å². The number of hydrogen-bond acceptors (Lipinski definition) is 5. The Kier molecular flexibility index (Phi) is 7.06. The molecular formula is C28H26FNO5. The van der Waals surface area contributed by atoms with Crippen LogP contribution in [0.25, 0.3) is 27.7 Å². The smallest absolute Gasteiger partial charge is 0.248 e. The maximum absolute atomic E-state index is 14.0. The molecule has 0 saturated carbocycles. The molecule has 0 radical (unpaired) electrons. The molecule has 4 rings (SSSR count). The molecule has 1 heterocycles. The topological polar surface area (TPSA) is 69.9 Å². The third-order valence-corrected chi connectivity index (χ3v) is 5.58. The van der Waals surface area contributed by atoms with Gasteiger partial charge in [0.1, 0.15) is 28.6 Å². The van der Waals surface area contributed by atoms with Crippen LogP contribution < -0.4 is 19.5 Å². The molecule has 0 atom stereocenters. The van der Waals surface area contributed by atoms with Crippen molar-refractivity contribution in [1.82, 2.24) is 0 Å². The second-order valence-electron chi connectivity index (χ2n) is 7.79. The van der Waals surface area contributed by atoms with E-state index in [9.17, 15) is 9.18 Å². The van der Waals surface area contributed by atoms with E-state index in [1.165, 1.54) is 18.2 Å². The second kappa shape index (κ2) is 10.3. The summed E-state index contributed by atoms with van der Waals surface area (Å²) in [5.74, 6) is 0.976. The minimum Gasteiger partial charge on any atom is -0.497 e. The van der Waals surface area contributed by atoms with Crippen LogP contribution in [-0.4, -0.2) is 26.7 Å². The van der Waals surface area contributed by atoms with Crippen molar-refractivity contribution >= 4 is 28.1 Å². The molecular weight excluding hydrogens is 449 g/mol. The number of carbonyl (C=O) groups is 1. The number of nitrogens with one attached hydrogen (secondary N) is 1. The van der Waals surface area contributed by atoms with Crippen molar-refractivity contribution in [2.45, 2.75) is 13.8 Å². The molecule has 0 spiro atoms. The van der Waals surface area contributed by atoms with E-state index in [4.69, 9.17) is 18.6 Å². The molecule has 1 amide bonds. The van der Waals surface area contributed by atoms with Crippen LogP contribution in [0.1, 0.15) is 19.4 Å².